The van der Waals surface area contributed by atoms with Gasteiger partial charge in [-0.2, -0.15) is 0 Å². The number of hydrogen-bond acceptors (Lipinski definition) is 3. The molecule has 3 heteroatoms. The van der Waals surface area contributed by atoms with Gasteiger partial charge in [-0.25, -0.2) is 4.98 Å². The first-order valence-electron chi connectivity index (χ1n) is 5.98. The first-order valence-corrected chi connectivity index (χ1v) is 5.98. The van der Waals surface area contributed by atoms with Crippen molar-refractivity contribution in [2.45, 2.75) is 40.2 Å². The third kappa shape index (κ3) is 2.95. The summed E-state index contributed by atoms with van der Waals surface area (Å²) in [4.78, 5) is 6.82. The number of rotatable bonds is 5. The second kappa shape index (κ2) is 5.85. The molecular weight excluding hydrogens is 198 g/mol. The Bertz CT molecular complexity index is 347. The van der Waals surface area contributed by atoms with Crippen molar-refractivity contribution >= 4 is 5.82 Å². The summed E-state index contributed by atoms with van der Waals surface area (Å²) in [5.41, 5.74) is 9.28. The van der Waals surface area contributed by atoms with Crippen LogP contribution in [0.15, 0.2) is 6.07 Å². The minimum absolute atomic E-state index is 0.560. The van der Waals surface area contributed by atoms with Crippen LogP contribution in [0.2, 0.25) is 0 Å². The summed E-state index contributed by atoms with van der Waals surface area (Å²) in [6, 6.07) is 2.10. The highest BCUT2D eigenvalue weighted by Crippen LogP contribution is 2.21. The van der Waals surface area contributed by atoms with E-state index in [0.717, 1.165) is 18.1 Å². The summed E-state index contributed by atoms with van der Waals surface area (Å²) in [5, 5.41) is 0. The van der Waals surface area contributed by atoms with E-state index in [0.29, 0.717) is 6.54 Å². The zero-order valence-corrected chi connectivity index (χ0v) is 10.9. The maximum atomic E-state index is 5.80. The molecule has 0 unspecified atom stereocenters. The topological polar surface area (TPSA) is 42.2 Å². The van der Waals surface area contributed by atoms with Crippen molar-refractivity contribution in [2.24, 2.45) is 5.73 Å². The van der Waals surface area contributed by atoms with Crippen molar-refractivity contribution in [3.8, 4) is 0 Å². The van der Waals surface area contributed by atoms with Crippen molar-refractivity contribution in [1.29, 1.82) is 0 Å². The minimum atomic E-state index is 0.560. The molecule has 0 atom stereocenters. The molecule has 0 aliphatic carbocycles. The van der Waals surface area contributed by atoms with E-state index in [1.165, 1.54) is 24.0 Å². The highest BCUT2D eigenvalue weighted by atomic mass is 15.2. The summed E-state index contributed by atoms with van der Waals surface area (Å²) >= 11 is 0. The zero-order chi connectivity index (χ0) is 12.1. The Balaban J connectivity index is 3.00. The second-order valence-corrected chi connectivity index (χ2v) is 4.36. The van der Waals surface area contributed by atoms with E-state index < -0.39 is 0 Å². The van der Waals surface area contributed by atoms with Gasteiger partial charge in [0.25, 0.3) is 0 Å². The second-order valence-electron chi connectivity index (χ2n) is 4.36. The zero-order valence-electron chi connectivity index (χ0n) is 10.9. The molecule has 0 aliphatic heterocycles. The molecule has 1 aromatic rings. The van der Waals surface area contributed by atoms with E-state index in [-0.39, 0.29) is 0 Å². The third-order valence-corrected chi connectivity index (χ3v) is 2.87. The summed E-state index contributed by atoms with van der Waals surface area (Å²) in [5.74, 6) is 1.05. The predicted octanol–water partition coefficient (Wildman–Crippen LogP) is 2.39. The summed E-state index contributed by atoms with van der Waals surface area (Å²) in [7, 11) is 2.09. The van der Waals surface area contributed by atoms with Gasteiger partial charge in [-0.3, -0.25) is 0 Å². The quantitative estimate of drug-likeness (QED) is 0.830. The van der Waals surface area contributed by atoms with Gasteiger partial charge in [-0.15, -0.1) is 0 Å². The molecule has 0 spiro atoms. The molecule has 1 heterocycles. The number of aryl methyl sites for hydroxylation is 2. The molecule has 0 radical (unpaired) electrons. The van der Waals surface area contributed by atoms with Crippen molar-refractivity contribution in [2.75, 3.05) is 18.5 Å². The first-order chi connectivity index (χ1) is 7.60. The largest absolute Gasteiger partial charge is 0.359 e. The number of anilines is 1. The Morgan fingerprint density at radius 2 is 2.06 bits per heavy atom. The maximum absolute atomic E-state index is 5.80. The Kier molecular flexibility index (Phi) is 4.74. The molecule has 16 heavy (non-hydrogen) atoms. The van der Waals surface area contributed by atoms with Gasteiger partial charge in [0.1, 0.15) is 5.82 Å². The number of nitrogens with two attached hydrogens (primary N) is 1. The first kappa shape index (κ1) is 13.0. The van der Waals surface area contributed by atoms with E-state index in [9.17, 15) is 0 Å². The molecule has 90 valence electrons. The Morgan fingerprint density at radius 3 is 2.62 bits per heavy atom. The number of unbranched alkanes of at least 4 members (excludes halogenated alkanes) is 1. The Labute approximate surface area is 98.7 Å². The summed E-state index contributed by atoms with van der Waals surface area (Å²) in [6.45, 7) is 7.94. The van der Waals surface area contributed by atoms with Crippen LogP contribution in [0.1, 0.15) is 36.6 Å². The average molecular weight is 221 g/mol. The monoisotopic (exact) mass is 221 g/mol. The fourth-order valence-electron chi connectivity index (χ4n) is 1.91. The SMILES string of the molecule is CCCCN(C)c1nc(C)cc(C)c1CN. The molecule has 0 saturated carbocycles. The van der Waals surface area contributed by atoms with Gasteiger partial charge in [0.05, 0.1) is 0 Å². The van der Waals surface area contributed by atoms with Gasteiger partial charge in [-0.05, 0) is 31.9 Å². The predicted molar refractivity (Wildman–Crippen MR) is 69.8 cm³/mol. The molecule has 0 bridgehead atoms. The highest BCUT2D eigenvalue weighted by molar-refractivity contribution is 5.51. The fraction of sp³-hybridized carbons (Fsp3) is 0.615. The van der Waals surface area contributed by atoms with Gasteiger partial charge in [-0.1, -0.05) is 13.3 Å². The van der Waals surface area contributed by atoms with E-state index in [1.54, 1.807) is 0 Å². The smallest absolute Gasteiger partial charge is 0.133 e. The molecule has 2 N–H and O–H groups in total. The summed E-state index contributed by atoms with van der Waals surface area (Å²) in [6.07, 6.45) is 2.39. The molecule has 1 aromatic heterocycles. The van der Waals surface area contributed by atoms with Gasteiger partial charge in [0.2, 0.25) is 0 Å². The van der Waals surface area contributed by atoms with Crippen LogP contribution >= 0.6 is 0 Å². The molecule has 0 fully saturated rings. The van der Waals surface area contributed by atoms with Gasteiger partial charge in [0.15, 0.2) is 0 Å². The van der Waals surface area contributed by atoms with Crippen LogP contribution in [0.4, 0.5) is 5.82 Å². The van der Waals surface area contributed by atoms with Gasteiger partial charge >= 0.3 is 0 Å². The van der Waals surface area contributed by atoms with Crippen molar-refractivity contribution in [3.63, 3.8) is 0 Å². The van der Waals surface area contributed by atoms with Crippen LogP contribution in [0.5, 0.6) is 0 Å². The van der Waals surface area contributed by atoms with Gasteiger partial charge in [0, 0.05) is 31.4 Å². The van der Waals surface area contributed by atoms with Crippen molar-refractivity contribution in [3.05, 3.63) is 22.9 Å². The average Bonchev–Trinajstić information content (AvgIpc) is 2.24. The molecule has 0 saturated heterocycles. The lowest BCUT2D eigenvalue weighted by Crippen LogP contribution is -2.23. The molecular formula is C13H23N3. The molecule has 0 aliphatic rings. The molecule has 0 aromatic carbocycles. The van der Waals surface area contributed by atoms with Crippen molar-refractivity contribution < 1.29 is 0 Å². The normalized spacial score (nSPS) is 10.6. The summed E-state index contributed by atoms with van der Waals surface area (Å²) < 4.78 is 0. The standard InChI is InChI=1S/C13H23N3/c1-5-6-7-16(4)13-12(9-14)10(2)8-11(3)15-13/h8H,5-7,9,14H2,1-4H3. The third-order valence-electron chi connectivity index (χ3n) is 2.87. The van der Waals surface area contributed by atoms with E-state index in [4.69, 9.17) is 5.73 Å². The van der Waals surface area contributed by atoms with Crippen LogP contribution in [0.3, 0.4) is 0 Å². The Morgan fingerprint density at radius 1 is 1.38 bits per heavy atom. The van der Waals surface area contributed by atoms with Crippen LogP contribution in [-0.4, -0.2) is 18.6 Å². The van der Waals surface area contributed by atoms with Crippen LogP contribution in [-0.2, 0) is 6.54 Å². The molecule has 1 rings (SSSR count). The highest BCUT2D eigenvalue weighted by Gasteiger charge is 2.11. The van der Waals surface area contributed by atoms with Crippen molar-refractivity contribution in [1.82, 2.24) is 4.98 Å². The van der Waals surface area contributed by atoms with Crippen LogP contribution in [0, 0.1) is 13.8 Å². The lowest BCUT2D eigenvalue weighted by atomic mass is 10.1. The number of hydrogen-bond donors (Lipinski definition) is 1. The molecule has 3 nitrogen and oxygen atoms in total. The minimum Gasteiger partial charge on any atom is -0.359 e. The number of pyridine rings is 1. The van der Waals surface area contributed by atoms with E-state index in [1.807, 2.05) is 6.92 Å². The van der Waals surface area contributed by atoms with E-state index in [2.05, 4.69) is 36.8 Å². The van der Waals surface area contributed by atoms with E-state index >= 15 is 0 Å². The maximum Gasteiger partial charge on any atom is 0.133 e. The lowest BCUT2D eigenvalue weighted by Gasteiger charge is -2.22. The fourth-order valence-corrected chi connectivity index (χ4v) is 1.91. The van der Waals surface area contributed by atoms with Gasteiger partial charge < -0.3 is 10.6 Å². The molecule has 0 amide bonds. The number of aromatic nitrogens is 1. The Hall–Kier alpha value is -1.09. The lowest BCUT2D eigenvalue weighted by molar-refractivity contribution is 0.752. The van der Waals surface area contributed by atoms with Crippen LogP contribution < -0.4 is 10.6 Å². The van der Waals surface area contributed by atoms with Crippen LogP contribution in [0.25, 0.3) is 0 Å². The number of nitrogens with zero attached hydrogens (tertiary/aromatic N) is 2.